The van der Waals surface area contributed by atoms with E-state index in [0.29, 0.717) is 6.54 Å². The van der Waals surface area contributed by atoms with E-state index in [1.165, 1.54) is 12.8 Å². The monoisotopic (exact) mass is 207 g/mol. The van der Waals surface area contributed by atoms with Crippen molar-refractivity contribution in [3.63, 3.8) is 0 Å². The summed E-state index contributed by atoms with van der Waals surface area (Å²) in [5.41, 5.74) is 6.23. The van der Waals surface area contributed by atoms with Gasteiger partial charge in [-0.25, -0.2) is 9.97 Å². The van der Waals surface area contributed by atoms with E-state index in [0.717, 1.165) is 24.2 Å². The Morgan fingerprint density at radius 1 is 1.33 bits per heavy atom. The van der Waals surface area contributed by atoms with Gasteiger partial charge in [-0.1, -0.05) is 0 Å². The molecule has 1 aromatic heterocycles. The molecule has 0 bridgehead atoms. The molecule has 0 aliphatic heterocycles. The lowest BCUT2D eigenvalue weighted by Crippen LogP contribution is -2.27. The van der Waals surface area contributed by atoms with Crippen LogP contribution in [0.15, 0.2) is 12.4 Å². The molecule has 1 fully saturated rings. The first kappa shape index (κ1) is 10.5. The number of nitrogens with zero attached hydrogens (tertiary/aromatic N) is 2. The van der Waals surface area contributed by atoms with Gasteiger partial charge in [0.05, 0.1) is 0 Å². The van der Waals surface area contributed by atoms with Crippen molar-refractivity contribution < 1.29 is 4.74 Å². The van der Waals surface area contributed by atoms with E-state index < -0.39 is 0 Å². The SMILES string of the molecule is COC1(c2ncc(CN)cn2)CCCC1. The molecule has 0 aromatic carbocycles. The summed E-state index contributed by atoms with van der Waals surface area (Å²) >= 11 is 0. The number of rotatable bonds is 3. The smallest absolute Gasteiger partial charge is 0.160 e. The quantitative estimate of drug-likeness (QED) is 0.812. The van der Waals surface area contributed by atoms with Crippen LogP contribution in [0, 0.1) is 0 Å². The molecule has 1 aliphatic rings. The van der Waals surface area contributed by atoms with Gasteiger partial charge >= 0.3 is 0 Å². The maximum atomic E-state index is 5.60. The lowest BCUT2D eigenvalue weighted by atomic mass is 10.0. The Bertz CT molecular complexity index is 317. The van der Waals surface area contributed by atoms with Crippen molar-refractivity contribution in [1.29, 1.82) is 0 Å². The largest absolute Gasteiger partial charge is 0.370 e. The molecule has 15 heavy (non-hydrogen) atoms. The van der Waals surface area contributed by atoms with Crippen LogP contribution in [0.5, 0.6) is 0 Å². The van der Waals surface area contributed by atoms with E-state index in [9.17, 15) is 0 Å². The Morgan fingerprint density at radius 2 is 1.93 bits per heavy atom. The molecule has 0 radical (unpaired) electrons. The zero-order valence-corrected chi connectivity index (χ0v) is 9.07. The lowest BCUT2D eigenvalue weighted by Gasteiger charge is -2.25. The van der Waals surface area contributed by atoms with E-state index in [2.05, 4.69) is 9.97 Å². The first-order valence-electron chi connectivity index (χ1n) is 5.37. The Balaban J connectivity index is 2.26. The number of hydrogen-bond acceptors (Lipinski definition) is 4. The summed E-state index contributed by atoms with van der Waals surface area (Å²) in [6, 6.07) is 0. The van der Waals surface area contributed by atoms with Crippen LogP contribution in [0.3, 0.4) is 0 Å². The Labute approximate surface area is 89.9 Å². The van der Waals surface area contributed by atoms with Gasteiger partial charge in [0.1, 0.15) is 5.60 Å². The fraction of sp³-hybridized carbons (Fsp3) is 0.636. The van der Waals surface area contributed by atoms with Crippen LogP contribution in [0.1, 0.15) is 37.1 Å². The van der Waals surface area contributed by atoms with Gasteiger partial charge in [0, 0.05) is 31.6 Å². The Morgan fingerprint density at radius 3 is 2.40 bits per heavy atom. The molecule has 1 aliphatic carbocycles. The summed E-state index contributed by atoms with van der Waals surface area (Å²) in [6.45, 7) is 0.486. The van der Waals surface area contributed by atoms with E-state index >= 15 is 0 Å². The van der Waals surface area contributed by atoms with Crippen molar-refractivity contribution in [3.8, 4) is 0 Å². The minimum Gasteiger partial charge on any atom is -0.370 e. The van der Waals surface area contributed by atoms with Crippen molar-refractivity contribution in [2.75, 3.05) is 7.11 Å². The van der Waals surface area contributed by atoms with Gasteiger partial charge < -0.3 is 10.5 Å². The van der Waals surface area contributed by atoms with E-state index in [-0.39, 0.29) is 5.60 Å². The molecular weight excluding hydrogens is 190 g/mol. The molecule has 0 saturated heterocycles. The second kappa shape index (κ2) is 4.24. The number of nitrogens with two attached hydrogens (primary N) is 1. The number of hydrogen-bond donors (Lipinski definition) is 1. The van der Waals surface area contributed by atoms with E-state index in [1.54, 1.807) is 19.5 Å². The van der Waals surface area contributed by atoms with Crippen LogP contribution in [0.4, 0.5) is 0 Å². The molecule has 0 amide bonds. The summed E-state index contributed by atoms with van der Waals surface area (Å²) in [5, 5.41) is 0. The van der Waals surface area contributed by atoms with Crippen LogP contribution >= 0.6 is 0 Å². The van der Waals surface area contributed by atoms with Gasteiger partial charge in [-0.05, 0) is 25.7 Å². The zero-order valence-electron chi connectivity index (χ0n) is 9.07. The van der Waals surface area contributed by atoms with Crippen molar-refractivity contribution in [3.05, 3.63) is 23.8 Å². The van der Waals surface area contributed by atoms with Crippen molar-refractivity contribution >= 4 is 0 Å². The third-order valence-electron chi connectivity index (χ3n) is 3.15. The number of methoxy groups -OCH3 is 1. The third-order valence-corrected chi connectivity index (χ3v) is 3.15. The fourth-order valence-corrected chi connectivity index (χ4v) is 2.16. The third kappa shape index (κ3) is 1.87. The molecule has 4 nitrogen and oxygen atoms in total. The van der Waals surface area contributed by atoms with Gasteiger partial charge in [0.15, 0.2) is 5.82 Å². The topological polar surface area (TPSA) is 61.0 Å². The molecule has 2 N–H and O–H groups in total. The number of ether oxygens (including phenoxy) is 1. The second-order valence-corrected chi connectivity index (χ2v) is 4.02. The molecule has 82 valence electrons. The summed E-state index contributed by atoms with van der Waals surface area (Å²) in [7, 11) is 1.74. The fourth-order valence-electron chi connectivity index (χ4n) is 2.16. The van der Waals surface area contributed by atoms with E-state index in [4.69, 9.17) is 10.5 Å². The molecule has 1 aromatic rings. The van der Waals surface area contributed by atoms with Gasteiger partial charge in [0.2, 0.25) is 0 Å². The first-order chi connectivity index (χ1) is 7.30. The minimum atomic E-state index is -0.243. The van der Waals surface area contributed by atoms with Gasteiger partial charge in [-0.2, -0.15) is 0 Å². The highest BCUT2D eigenvalue weighted by Gasteiger charge is 2.38. The zero-order chi connectivity index (χ0) is 10.7. The normalized spacial score (nSPS) is 19.3. The van der Waals surface area contributed by atoms with Crippen LogP contribution in [-0.4, -0.2) is 17.1 Å². The predicted octanol–water partition coefficient (Wildman–Crippen LogP) is 1.35. The molecule has 2 rings (SSSR count). The van der Waals surface area contributed by atoms with E-state index in [1.807, 2.05) is 0 Å². The lowest BCUT2D eigenvalue weighted by molar-refractivity contribution is -0.0163. The summed E-state index contributed by atoms with van der Waals surface area (Å²) in [4.78, 5) is 8.72. The molecule has 1 heterocycles. The molecule has 0 spiro atoms. The van der Waals surface area contributed by atoms with Crippen molar-refractivity contribution in [2.45, 2.75) is 37.8 Å². The first-order valence-corrected chi connectivity index (χ1v) is 5.37. The maximum Gasteiger partial charge on any atom is 0.160 e. The molecule has 1 saturated carbocycles. The average molecular weight is 207 g/mol. The van der Waals surface area contributed by atoms with Crippen LogP contribution in [0.2, 0.25) is 0 Å². The van der Waals surface area contributed by atoms with Crippen molar-refractivity contribution in [2.24, 2.45) is 5.73 Å². The van der Waals surface area contributed by atoms with Gasteiger partial charge in [-0.3, -0.25) is 0 Å². The molecule has 0 unspecified atom stereocenters. The van der Waals surface area contributed by atoms with Gasteiger partial charge in [-0.15, -0.1) is 0 Å². The second-order valence-electron chi connectivity index (χ2n) is 4.02. The standard InChI is InChI=1S/C11H17N3O/c1-15-11(4-2-3-5-11)10-13-7-9(6-12)8-14-10/h7-8H,2-6,12H2,1H3. The molecule has 0 atom stereocenters. The highest BCUT2D eigenvalue weighted by atomic mass is 16.5. The van der Waals surface area contributed by atoms with Crippen LogP contribution in [-0.2, 0) is 16.9 Å². The molecule has 4 heteroatoms. The summed E-state index contributed by atoms with van der Waals surface area (Å²) in [5.74, 6) is 0.805. The predicted molar refractivity (Wildman–Crippen MR) is 57.1 cm³/mol. The number of aromatic nitrogens is 2. The summed E-state index contributed by atoms with van der Waals surface area (Å²) in [6.07, 6.45) is 8.01. The maximum absolute atomic E-state index is 5.60. The Hall–Kier alpha value is -1.00. The highest BCUT2D eigenvalue weighted by molar-refractivity contribution is 5.10. The van der Waals surface area contributed by atoms with Gasteiger partial charge in [0.25, 0.3) is 0 Å². The average Bonchev–Trinajstić information content (AvgIpc) is 2.79. The molecular formula is C11H17N3O. The van der Waals surface area contributed by atoms with Crippen molar-refractivity contribution in [1.82, 2.24) is 9.97 Å². The van der Waals surface area contributed by atoms with Crippen LogP contribution in [0.25, 0.3) is 0 Å². The Kier molecular flexibility index (Phi) is 2.98. The minimum absolute atomic E-state index is 0.243. The summed E-state index contributed by atoms with van der Waals surface area (Å²) < 4.78 is 5.60. The van der Waals surface area contributed by atoms with Crippen LogP contribution < -0.4 is 5.73 Å². The highest BCUT2D eigenvalue weighted by Crippen LogP contribution is 2.39.